The van der Waals surface area contributed by atoms with Crippen LogP contribution in [0.3, 0.4) is 0 Å². The number of rotatable bonds is 7. The number of hydrogen-bond acceptors (Lipinski definition) is 3. The van der Waals surface area contributed by atoms with Crippen molar-refractivity contribution < 1.29 is 9.50 Å². The Bertz CT molecular complexity index is 607. The largest absolute Gasteiger partial charge is 0.389 e. The molecular weight excluding hydrogens is 281 g/mol. The molecule has 5 heteroatoms. The van der Waals surface area contributed by atoms with E-state index in [1.54, 1.807) is 12.3 Å². The van der Waals surface area contributed by atoms with Gasteiger partial charge in [-0.2, -0.15) is 0 Å². The van der Waals surface area contributed by atoms with Crippen molar-refractivity contribution in [3.05, 3.63) is 53.9 Å². The van der Waals surface area contributed by atoms with Gasteiger partial charge in [-0.1, -0.05) is 26.0 Å². The lowest BCUT2D eigenvalue weighted by molar-refractivity contribution is 0.0306. The van der Waals surface area contributed by atoms with E-state index in [2.05, 4.69) is 10.3 Å². The van der Waals surface area contributed by atoms with Crippen LogP contribution in [0.15, 0.2) is 36.7 Å². The van der Waals surface area contributed by atoms with Crippen LogP contribution < -0.4 is 5.32 Å². The van der Waals surface area contributed by atoms with Gasteiger partial charge in [0.05, 0.1) is 11.6 Å². The van der Waals surface area contributed by atoms with Crippen molar-refractivity contribution in [2.45, 2.75) is 38.3 Å². The lowest BCUT2D eigenvalue weighted by atomic mass is 9.96. The van der Waals surface area contributed by atoms with E-state index < -0.39 is 5.60 Å². The van der Waals surface area contributed by atoms with Crippen LogP contribution in [0.5, 0.6) is 0 Å². The molecular formula is C17H24FN3O. The molecule has 0 aliphatic carbocycles. The summed E-state index contributed by atoms with van der Waals surface area (Å²) in [6, 6.07) is 6.22. The average Bonchev–Trinajstić information content (AvgIpc) is 2.93. The molecule has 0 aliphatic heterocycles. The predicted molar refractivity (Wildman–Crippen MR) is 85.0 cm³/mol. The summed E-state index contributed by atoms with van der Waals surface area (Å²) in [5.74, 6) is 0.514. The number of aliphatic hydroxyl groups is 1. The van der Waals surface area contributed by atoms with Crippen molar-refractivity contribution >= 4 is 0 Å². The molecule has 1 aromatic heterocycles. The molecule has 22 heavy (non-hydrogen) atoms. The fourth-order valence-electron chi connectivity index (χ4n) is 2.49. The molecule has 1 aromatic carbocycles. The first-order valence-corrected chi connectivity index (χ1v) is 7.67. The van der Waals surface area contributed by atoms with E-state index in [0.717, 1.165) is 11.4 Å². The number of aromatic nitrogens is 2. The maximum Gasteiger partial charge on any atom is 0.130 e. The highest BCUT2D eigenvalue weighted by molar-refractivity contribution is 5.26. The summed E-state index contributed by atoms with van der Waals surface area (Å²) < 4.78 is 15.5. The zero-order valence-corrected chi connectivity index (χ0v) is 13.4. The lowest BCUT2D eigenvalue weighted by Crippen LogP contribution is -2.41. The minimum atomic E-state index is -0.767. The van der Waals surface area contributed by atoms with Gasteiger partial charge in [0.25, 0.3) is 0 Å². The molecule has 0 amide bonds. The summed E-state index contributed by atoms with van der Waals surface area (Å²) in [5.41, 5.74) is 0.0281. The van der Waals surface area contributed by atoms with Crippen molar-refractivity contribution in [3.63, 3.8) is 0 Å². The Labute approximate surface area is 131 Å². The first kappa shape index (κ1) is 16.6. The van der Waals surface area contributed by atoms with Gasteiger partial charge >= 0.3 is 0 Å². The third-order valence-corrected chi connectivity index (χ3v) is 4.25. The quantitative estimate of drug-likeness (QED) is 0.827. The van der Waals surface area contributed by atoms with E-state index in [-0.39, 0.29) is 11.9 Å². The fourth-order valence-corrected chi connectivity index (χ4v) is 2.49. The molecule has 0 saturated heterocycles. The normalized spacial score (nSPS) is 13.3. The molecule has 2 aromatic rings. The van der Waals surface area contributed by atoms with Gasteiger partial charge in [-0.15, -0.1) is 0 Å². The molecule has 2 N–H and O–H groups in total. The molecule has 0 saturated carbocycles. The van der Waals surface area contributed by atoms with Crippen LogP contribution in [0.4, 0.5) is 4.39 Å². The first-order chi connectivity index (χ1) is 10.5. The molecule has 2 rings (SSSR count). The highest BCUT2D eigenvalue weighted by Gasteiger charge is 2.26. The topological polar surface area (TPSA) is 50.1 Å². The Morgan fingerprint density at radius 1 is 1.36 bits per heavy atom. The van der Waals surface area contributed by atoms with E-state index in [0.29, 0.717) is 19.4 Å². The summed E-state index contributed by atoms with van der Waals surface area (Å²) in [4.78, 5) is 4.37. The van der Waals surface area contributed by atoms with Gasteiger partial charge in [0.1, 0.15) is 11.6 Å². The van der Waals surface area contributed by atoms with Crippen molar-refractivity contribution in [3.8, 4) is 0 Å². The van der Waals surface area contributed by atoms with Gasteiger partial charge in [0.15, 0.2) is 0 Å². The maximum absolute atomic E-state index is 13.6. The minimum Gasteiger partial charge on any atom is -0.389 e. The van der Waals surface area contributed by atoms with Gasteiger partial charge in [-0.05, 0) is 30.5 Å². The molecule has 0 aliphatic rings. The third kappa shape index (κ3) is 3.72. The van der Waals surface area contributed by atoms with E-state index >= 15 is 0 Å². The van der Waals surface area contributed by atoms with Crippen molar-refractivity contribution in [1.29, 1.82) is 0 Å². The number of halogens is 1. The smallest absolute Gasteiger partial charge is 0.130 e. The van der Waals surface area contributed by atoms with Crippen molar-refractivity contribution in [2.24, 2.45) is 7.05 Å². The summed E-state index contributed by atoms with van der Waals surface area (Å²) in [6.07, 6.45) is 4.89. The number of benzene rings is 1. The summed E-state index contributed by atoms with van der Waals surface area (Å²) in [7, 11) is 1.90. The zero-order chi connectivity index (χ0) is 16.2. The van der Waals surface area contributed by atoms with Crippen LogP contribution in [-0.2, 0) is 7.05 Å². The molecule has 1 heterocycles. The Morgan fingerprint density at radius 3 is 2.64 bits per heavy atom. The SMILES string of the molecule is CCC(O)(CC)CNC(c1cccc(F)c1)c1nccn1C. The van der Waals surface area contributed by atoms with Crippen LogP contribution in [0.1, 0.15) is 44.1 Å². The first-order valence-electron chi connectivity index (χ1n) is 7.67. The van der Waals surface area contributed by atoms with Gasteiger partial charge in [0, 0.05) is 26.0 Å². The zero-order valence-electron chi connectivity index (χ0n) is 13.4. The predicted octanol–water partition coefficient (Wildman–Crippen LogP) is 2.79. The standard InChI is InChI=1S/C17H24FN3O/c1-4-17(22,5-2)12-20-15(16-19-9-10-21(16)3)13-7-6-8-14(18)11-13/h6-11,15,20,22H,4-5,12H2,1-3H3. The van der Waals surface area contributed by atoms with Crippen LogP contribution in [0.2, 0.25) is 0 Å². The van der Waals surface area contributed by atoms with E-state index in [1.165, 1.54) is 12.1 Å². The Kier molecular flexibility index (Phi) is 5.32. The Hall–Kier alpha value is -1.72. The summed E-state index contributed by atoms with van der Waals surface area (Å²) >= 11 is 0. The fraction of sp³-hybridized carbons (Fsp3) is 0.471. The molecule has 1 unspecified atom stereocenters. The van der Waals surface area contributed by atoms with Crippen molar-refractivity contribution in [1.82, 2.24) is 14.9 Å². The van der Waals surface area contributed by atoms with Crippen molar-refractivity contribution in [2.75, 3.05) is 6.54 Å². The van der Waals surface area contributed by atoms with Crippen LogP contribution in [0.25, 0.3) is 0 Å². The summed E-state index contributed by atoms with van der Waals surface area (Å²) in [6.45, 7) is 4.35. The van der Waals surface area contributed by atoms with E-state index in [4.69, 9.17) is 0 Å². The second-order valence-electron chi connectivity index (χ2n) is 5.70. The molecule has 0 bridgehead atoms. The number of nitrogens with one attached hydrogen (secondary N) is 1. The van der Waals surface area contributed by atoms with Crippen LogP contribution in [0, 0.1) is 5.82 Å². The monoisotopic (exact) mass is 305 g/mol. The molecule has 4 nitrogen and oxygen atoms in total. The highest BCUT2D eigenvalue weighted by atomic mass is 19.1. The highest BCUT2D eigenvalue weighted by Crippen LogP contribution is 2.23. The van der Waals surface area contributed by atoms with E-state index in [1.807, 2.05) is 37.7 Å². The van der Waals surface area contributed by atoms with E-state index in [9.17, 15) is 9.50 Å². The Morgan fingerprint density at radius 2 is 2.09 bits per heavy atom. The Balaban J connectivity index is 2.29. The van der Waals surface area contributed by atoms with Crippen LogP contribution >= 0.6 is 0 Å². The molecule has 120 valence electrons. The molecule has 1 atom stereocenters. The molecule has 0 radical (unpaired) electrons. The van der Waals surface area contributed by atoms with Gasteiger partial charge in [-0.3, -0.25) is 0 Å². The number of aryl methyl sites for hydroxylation is 1. The minimum absolute atomic E-state index is 0.264. The number of nitrogens with zero attached hydrogens (tertiary/aromatic N) is 2. The second-order valence-corrected chi connectivity index (χ2v) is 5.70. The van der Waals surface area contributed by atoms with Gasteiger partial charge in [0.2, 0.25) is 0 Å². The lowest BCUT2D eigenvalue weighted by Gasteiger charge is -2.29. The number of imidazole rings is 1. The molecule has 0 fully saturated rings. The number of hydrogen-bond donors (Lipinski definition) is 2. The third-order valence-electron chi connectivity index (χ3n) is 4.25. The van der Waals surface area contributed by atoms with Crippen LogP contribution in [-0.4, -0.2) is 26.8 Å². The maximum atomic E-state index is 13.6. The summed E-state index contributed by atoms with van der Waals surface area (Å²) in [5, 5.41) is 13.8. The average molecular weight is 305 g/mol. The second kappa shape index (κ2) is 7.03. The molecule has 0 spiro atoms. The van der Waals surface area contributed by atoms with Gasteiger partial charge < -0.3 is 15.0 Å². The van der Waals surface area contributed by atoms with Gasteiger partial charge in [-0.25, -0.2) is 9.37 Å².